The third-order valence-corrected chi connectivity index (χ3v) is 5.64. The smallest absolute Gasteiger partial charge is 0.219 e. The summed E-state index contributed by atoms with van der Waals surface area (Å²) >= 11 is 0. The van der Waals surface area contributed by atoms with Crippen LogP contribution in [0.1, 0.15) is 59.4 Å². The highest BCUT2D eigenvalue weighted by molar-refractivity contribution is 5.73. The molecule has 0 radical (unpaired) electrons. The van der Waals surface area contributed by atoms with Crippen molar-refractivity contribution in [1.29, 1.82) is 0 Å². The Hall–Kier alpha value is -1.35. The summed E-state index contributed by atoms with van der Waals surface area (Å²) in [5.74, 6) is 0.746. The molecule has 0 spiro atoms. The highest BCUT2D eigenvalue weighted by Gasteiger charge is 2.42. The topological polar surface area (TPSA) is 29.5 Å². The van der Waals surface area contributed by atoms with Crippen molar-refractivity contribution in [3.63, 3.8) is 0 Å². The molecule has 134 valence electrons. The average Bonchev–Trinajstić information content (AvgIpc) is 2.51. The molecule has 1 aliphatic rings. The quantitative estimate of drug-likeness (QED) is 0.759. The fourth-order valence-electron chi connectivity index (χ4n) is 4.02. The van der Waals surface area contributed by atoms with E-state index >= 15 is 0 Å². The van der Waals surface area contributed by atoms with Crippen molar-refractivity contribution in [1.82, 2.24) is 4.90 Å². The van der Waals surface area contributed by atoms with Crippen LogP contribution < -0.4 is 0 Å². The average molecular weight is 331 g/mol. The van der Waals surface area contributed by atoms with E-state index in [-0.39, 0.29) is 16.9 Å². The maximum atomic E-state index is 12.1. The molecule has 1 atom stereocenters. The summed E-state index contributed by atoms with van der Waals surface area (Å²) in [6, 6.07) is 10.3. The van der Waals surface area contributed by atoms with Gasteiger partial charge < -0.3 is 9.64 Å². The van der Waals surface area contributed by atoms with Crippen LogP contribution in [0.25, 0.3) is 0 Å². The molecular formula is C21H33NO2. The maximum absolute atomic E-state index is 12.1. The van der Waals surface area contributed by atoms with E-state index in [0.29, 0.717) is 12.5 Å². The molecule has 2 rings (SSSR count). The predicted molar refractivity (Wildman–Crippen MR) is 98.7 cm³/mol. The first kappa shape index (κ1) is 19.0. The van der Waals surface area contributed by atoms with E-state index in [9.17, 15) is 4.79 Å². The number of carbonyl (C=O) groups excluding carboxylic acids is 1. The second kappa shape index (κ2) is 7.69. The Balaban J connectivity index is 2.07. The number of hydrogen-bond donors (Lipinski definition) is 0. The standard InChI is InChI=1S/C21H33NO2/c1-17(2)21(12-14-24-20(4,5)16-21)11-13-22(18(3)23)15-19-9-7-6-8-10-19/h6-10,17H,11-16H2,1-5H3/t21-/m1/s1. The van der Waals surface area contributed by atoms with Gasteiger partial charge in [-0.05, 0) is 50.0 Å². The molecule has 3 nitrogen and oxygen atoms in total. The van der Waals surface area contributed by atoms with Crippen LogP contribution in [0.3, 0.4) is 0 Å². The number of rotatable bonds is 6. The van der Waals surface area contributed by atoms with Crippen LogP contribution in [-0.4, -0.2) is 29.6 Å². The van der Waals surface area contributed by atoms with Crippen LogP contribution >= 0.6 is 0 Å². The Labute approximate surface area is 147 Å². The zero-order valence-corrected chi connectivity index (χ0v) is 16.0. The lowest BCUT2D eigenvalue weighted by atomic mass is 9.65. The zero-order valence-electron chi connectivity index (χ0n) is 16.0. The minimum Gasteiger partial charge on any atom is -0.376 e. The predicted octanol–water partition coefficient (Wildman–Crippen LogP) is 4.66. The van der Waals surface area contributed by atoms with Gasteiger partial charge in [0.15, 0.2) is 0 Å². The first-order valence-corrected chi connectivity index (χ1v) is 9.17. The van der Waals surface area contributed by atoms with Gasteiger partial charge in [-0.1, -0.05) is 44.2 Å². The molecule has 1 aromatic rings. The molecule has 1 aromatic carbocycles. The van der Waals surface area contributed by atoms with Crippen molar-refractivity contribution in [2.75, 3.05) is 13.2 Å². The first-order valence-electron chi connectivity index (χ1n) is 9.17. The highest BCUT2D eigenvalue weighted by Crippen LogP contribution is 2.46. The van der Waals surface area contributed by atoms with Crippen LogP contribution in [-0.2, 0) is 16.1 Å². The van der Waals surface area contributed by atoms with E-state index in [4.69, 9.17) is 4.74 Å². The fraction of sp³-hybridized carbons (Fsp3) is 0.667. The number of ether oxygens (including phenoxy) is 1. The Bertz CT molecular complexity index is 538. The molecule has 0 aromatic heterocycles. The van der Waals surface area contributed by atoms with E-state index < -0.39 is 0 Å². The SMILES string of the molecule is CC(=O)N(CC[C@@]1(C(C)C)CCOC(C)(C)C1)Cc1ccccc1. The second-order valence-corrected chi connectivity index (χ2v) is 8.23. The summed E-state index contributed by atoms with van der Waals surface area (Å²) in [6.07, 6.45) is 3.20. The van der Waals surface area contributed by atoms with Gasteiger partial charge in [0.05, 0.1) is 5.60 Å². The Morgan fingerprint density at radius 2 is 1.92 bits per heavy atom. The van der Waals surface area contributed by atoms with Gasteiger partial charge in [-0.15, -0.1) is 0 Å². The van der Waals surface area contributed by atoms with Crippen LogP contribution in [0.2, 0.25) is 0 Å². The fourth-order valence-corrected chi connectivity index (χ4v) is 4.02. The molecule has 0 N–H and O–H groups in total. The van der Waals surface area contributed by atoms with E-state index in [2.05, 4.69) is 39.8 Å². The summed E-state index contributed by atoms with van der Waals surface area (Å²) in [5, 5.41) is 0. The summed E-state index contributed by atoms with van der Waals surface area (Å²) in [5.41, 5.74) is 1.38. The number of amides is 1. The second-order valence-electron chi connectivity index (χ2n) is 8.23. The van der Waals surface area contributed by atoms with Gasteiger partial charge >= 0.3 is 0 Å². The monoisotopic (exact) mass is 331 g/mol. The number of hydrogen-bond acceptors (Lipinski definition) is 2. The molecule has 0 bridgehead atoms. The minimum atomic E-state index is -0.0665. The van der Waals surface area contributed by atoms with Gasteiger partial charge in [0.25, 0.3) is 0 Å². The molecule has 0 saturated carbocycles. The summed E-state index contributed by atoms with van der Waals surface area (Å²) in [4.78, 5) is 14.1. The zero-order chi connectivity index (χ0) is 17.8. The molecule has 0 aliphatic carbocycles. The Morgan fingerprint density at radius 1 is 1.25 bits per heavy atom. The van der Waals surface area contributed by atoms with Gasteiger partial charge in [-0.25, -0.2) is 0 Å². The van der Waals surface area contributed by atoms with Gasteiger partial charge in [0.2, 0.25) is 5.91 Å². The third kappa shape index (κ3) is 4.83. The molecule has 1 amide bonds. The maximum Gasteiger partial charge on any atom is 0.219 e. The summed E-state index contributed by atoms with van der Waals surface area (Å²) in [6.45, 7) is 13.0. The van der Waals surface area contributed by atoms with E-state index in [1.165, 1.54) is 5.56 Å². The minimum absolute atomic E-state index is 0.0665. The highest BCUT2D eigenvalue weighted by atomic mass is 16.5. The van der Waals surface area contributed by atoms with E-state index in [0.717, 1.165) is 32.4 Å². The molecule has 0 unspecified atom stereocenters. The van der Waals surface area contributed by atoms with Crippen LogP contribution in [0.4, 0.5) is 0 Å². The molecule has 3 heteroatoms. The van der Waals surface area contributed by atoms with Crippen molar-refractivity contribution in [3.8, 4) is 0 Å². The van der Waals surface area contributed by atoms with Crippen molar-refractivity contribution >= 4 is 5.91 Å². The van der Waals surface area contributed by atoms with Crippen molar-refractivity contribution in [2.45, 2.75) is 66.0 Å². The normalized spacial score (nSPS) is 23.2. The van der Waals surface area contributed by atoms with Crippen molar-refractivity contribution in [3.05, 3.63) is 35.9 Å². The number of carbonyl (C=O) groups is 1. The van der Waals surface area contributed by atoms with Crippen molar-refractivity contribution < 1.29 is 9.53 Å². The first-order chi connectivity index (χ1) is 11.2. The largest absolute Gasteiger partial charge is 0.376 e. The van der Waals surface area contributed by atoms with Crippen molar-refractivity contribution in [2.24, 2.45) is 11.3 Å². The van der Waals surface area contributed by atoms with Crippen LogP contribution in [0, 0.1) is 11.3 Å². The molecule has 1 fully saturated rings. The lowest BCUT2D eigenvalue weighted by Gasteiger charge is -2.48. The molecule has 1 heterocycles. The Kier molecular flexibility index (Phi) is 6.08. The van der Waals surface area contributed by atoms with E-state index in [1.54, 1.807) is 6.92 Å². The van der Waals surface area contributed by atoms with Crippen LogP contribution in [0.15, 0.2) is 30.3 Å². The summed E-state index contributed by atoms with van der Waals surface area (Å²) < 4.78 is 5.94. The number of nitrogens with zero attached hydrogens (tertiary/aromatic N) is 1. The van der Waals surface area contributed by atoms with Gasteiger partial charge in [0, 0.05) is 26.6 Å². The lowest BCUT2D eigenvalue weighted by molar-refractivity contribution is -0.134. The number of benzene rings is 1. The lowest BCUT2D eigenvalue weighted by Crippen LogP contribution is -2.46. The third-order valence-electron chi connectivity index (χ3n) is 5.64. The van der Waals surface area contributed by atoms with Gasteiger partial charge in [-0.3, -0.25) is 4.79 Å². The van der Waals surface area contributed by atoms with Gasteiger partial charge in [-0.2, -0.15) is 0 Å². The molecule has 1 aliphatic heterocycles. The van der Waals surface area contributed by atoms with Gasteiger partial charge in [0.1, 0.15) is 0 Å². The summed E-state index contributed by atoms with van der Waals surface area (Å²) in [7, 11) is 0. The Morgan fingerprint density at radius 3 is 2.46 bits per heavy atom. The molecular weight excluding hydrogens is 298 g/mol. The molecule has 24 heavy (non-hydrogen) atoms. The van der Waals surface area contributed by atoms with Crippen LogP contribution in [0.5, 0.6) is 0 Å². The van der Waals surface area contributed by atoms with E-state index in [1.807, 2.05) is 23.1 Å². The molecule has 1 saturated heterocycles.